The molecule has 2 saturated carbocycles. The molecule has 0 radical (unpaired) electrons. The van der Waals surface area contributed by atoms with Gasteiger partial charge in [-0.2, -0.15) is 0 Å². The van der Waals surface area contributed by atoms with Crippen molar-refractivity contribution >= 4 is 5.97 Å². The van der Waals surface area contributed by atoms with E-state index in [1.807, 2.05) is 0 Å². The van der Waals surface area contributed by atoms with Gasteiger partial charge in [0.25, 0.3) is 0 Å². The van der Waals surface area contributed by atoms with Crippen LogP contribution in [-0.2, 0) is 9.53 Å². The lowest BCUT2D eigenvalue weighted by Gasteiger charge is -2.46. The van der Waals surface area contributed by atoms with E-state index >= 15 is 0 Å². The van der Waals surface area contributed by atoms with Gasteiger partial charge in [-0.3, -0.25) is 4.79 Å². The van der Waals surface area contributed by atoms with E-state index in [0.717, 1.165) is 24.7 Å². The van der Waals surface area contributed by atoms with Crippen molar-refractivity contribution in [3.63, 3.8) is 0 Å². The molecule has 0 aromatic carbocycles. The Labute approximate surface area is 85.0 Å². The normalized spacial score (nSPS) is 51.2. The van der Waals surface area contributed by atoms with Gasteiger partial charge in [0.05, 0.1) is 5.92 Å². The highest BCUT2D eigenvalue weighted by molar-refractivity contribution is 5.73. The van der Waals surface area contributed by atoms with Crippen LogP contribution in [-0.4, -0.2) is 12.1 Å². The van der Waals surface area contributed by atoms with Crippen molar-refractivity contribution < 1.29 is 9.53 Å². The summed E-state index contributed by atoms with van der Waals surface area (Å²) >= 11 is 0. The maximum absolute atomic E-state index is 11.7. The zero-order valence-electron chi connectivity index (χ0n) is 8.74. The highest BCUT2D eigenvalue weighted by Gasteiger charge is 2.44. The van der Waals surface area contributed by atoms with Gasteiger partial charge in [0.15, 0.2) is 0 Å². The summed E-state index contributed by atoms with van der Waals surface area (Å²) in [7, 11) is 0. The molecule has 4 bridgehead atoms. The van der Waals surface area contributed by atoms with Crippen molar-refractivity contribution in [2.75, 3.05) is 0 Å². The van der Waals surface area contributed by atoms with E-state index in [-0.39, 0.29) is 18.0 Å². The van der Waals surface area contributed by atoms with Gasteiger partial charge in [-0.05, 0) is 56.8 Å². The molecule has 2 heteroatoms. The molecule has 2 aliphatic carbocycles. The van der Waals surface area contributed by atoms with E-state index in [9.17, 15) is 4.79 Å². The van der Waals surface area contributed by atoms with Crippen molar-refractivity contribution in [2.24, 2.45) is 23.7 Å². The molecule has 0 N–H and O–H groups in total. The minimum Gasteiger partial charge on any atom is -0.462 e. The predicted octanol–water partition coefficient (Wildman–Crippen LogP) is 2.37. The van der Waals surface area contributed by atoms with E-state index in [1.54, 1.807) is 0 Å². The largest absolute Gasteiger partial charge is 0.462 e. The smallest absolute Gasteiger partial charge is 0.309 e. The Kier molecular flexibility index (Phi) is 1.86. The van der Waals surface area contributed by atoms with Crippen LogP contribution in [0.4, 0.5) is 0 Å². The van der Waals surface area contributed by atoms with E-state index in [2.05, 4.69) is 6.92 Å². The molecule has 14 heavy (non-hydrogen) atoms. The average molecular weight is 194 g/mol. The maximum atomic E-state index is 11.7. The molecule has 0 spiro atoms. The van der Waals surface area contributed by atoms with Crippen LogP contribution in [0.2, 0.25) is 0 Å². The third-order valence-corrected chi connectivity index (χ3v) is 4.47. The summed E-state index contributed by atoms with van der Waals surface area (Å²) in [5, 5.41) is 0. The summed E-state index contributed by atoms with van der Waals surface area (Å²) < 4.78 is 5.49. The van der Waals surface area contributed by atoms with Gasteiger partial charge in [0, 0.05) is 0 Å². The molecular formula is C12H18O2. The Balaban J connectivity index is 1.91. The fourth-order valence-corrected chi connectivity index (χ4v) is 3.85. The van der Waals surface area contributed by atoms with Gasteiger partial charge in [0.2, 0.25) is 0 Å². The first-order chi connectivity index (χ1) is 6.72. The van der Waals surface area contributed by atoms with Crippen molar-refractivity contribution in [2.45, 2.75) is 45.1 Å². The minimum absolute atomic E-state index is 0.0941. The molecule has 2 nitrogen and oxygen atoms in total. The lowest BCUT2D eigenvalue weighted by Crippen LogP contribution is -2.43. The Morgan fingerprint density at radius 3 is 2.36 bits per heavy atom. The molecule has 0 aromatic rings. The van der Waals surface area contributed by atoms with Gasteiger partial charge in [-0.25, -0.2) is 0 Å². The number of rotatable bonds is 0. The lowest BCUT2D eigenvalue weighted by atomic mass is 9.63. The lowest BCUT2D eigenvalue weighted by molar-refractivity contribution is -0.167. The van der Waals surface area contributed by atoms with E-state index in [0.29, 0.717) is 5.92 Å². The highest BCUT2D eigenvalue weighted by Crippen LogP contribution is 2.48. The quantitative estimate of drug-likeness (QED) is 0.553. The topological polar surface area (TPSA) is 26.3 Å². The summed E-state index contributed by atoms with van der Waals surface area (Å²) in [6, 6.07) is 0. The first-order valence-electron chi connectivity index (χ1n) is 5.93. The van der Waals surface area contributed by atoms with Crippen LogP contribution in [0.25, 0.3) is 0 Å². The molecule has 4 fully saturated rings. The van der Waals surface area contributed by atoms with Crippen LogP contribution in [0.5, 0.6) is 0 Å². The summed E-state index contributed by atoms with van der Waals surface area (Å²) in [5.74, 6) is 2.64. The summed E-state index contributed by atoms with van der Waals surface area (Å²) in [6.45, 7) is 2.08. The standard InChI is InChI=1S/C12H18O2/c1-7-10-3-8-2-9(4-10)6-11(5-8)12(13)14-7/h7-11H,2-6H2,1H3. The number of carbonyl (C=O) groups excluding carboxylic acids is 1. The van der Waals surface area contributed by atoms with Gasteiger partial charge in [-0.1, -0.05) is 0 Å². The van der Waals surface area contributed by atoms with E-state index in [1.165, 1.54) is 19.3 Å². The predicted molar refractivity (Wildman–Crippen MR) is 52.6 cm³/mol. The molecule has 4 rings (SSSR count). The molecule has 3 atom stereocenters. The first-order valence-corrected chi connectivity index (χ1v) is 5.93. The SMILES string of the molecule is CC1OC(=O)C2CC3CC(C2)CC1C3. The second kappa shape index (κ2) is 2.98. The second-order valence-corrected chi connectivity index (χ2v) is 5.51. The molecular weight excluding hydrogens is 176 g/mol. The van der Waals surface area contributed by atoms with Crippen LogP contribution < -0.4 is 0 Å². The van der Waals surface area contributed by atoms with Crippen molar-refractivity contribution in [3.8, 4) is 0 Å². The number of carbonyl (C=O) groups is 1. The number of hydrogen-bond acceptors (Lipinski definition) is 2. The van der Waals surface area contributed by atoms with Crippen molar-refractivity contribution in [1.82, 2.24) is 0 Å². The molecule has 0 amide bonds. The maximum Gasteiger partial charge on any atom is 0.309 e. The van der Waals surface area contributed by atoms with Crippen LogP contribution in [0.3, 0.4) is 0 Å². The molecule has 3 unspecified atom stereocenters. The summed E-state index contributed by atoms with van der Waals surface area (Å²) in [4.78, 5) is 11.7. The molecule has 4 aliphatic rings. The van der Waals surface area contributed by atoms with E-state index in [4.69, 9.17) is 4.74 Å². The highest BCUT2D eigenvalue weighted by atomic mass is 16.5. The molecule has 2 aliphatic heterocycles. The summed E-state index contributed by atoms with van der Waals surface area (Å²) in [5.41, 5.74) is 0. The Morgan fingerprint density at radius 1 is 1.07 bits per heavy atom. The minimum atomic E-state index is 0.0941. The van der Waals surface area contributed by atoms with Crippen molar-refractivity contribution in [3.05, 3.63) is 0 Å². The molecule has 78 valence electrons. The fraction of sp³-hybridized carbons (Fsp3) is 0.917. The van der Waals surface area contributed by atoms with Crippen molar-refractivity contribution in [1.29, 1.82) is 0 Å². The number of hydrogen-bond donors (Lipinski definition) is 0. The molecule has 2 saturated heterocycles. The van der Waals surface area contributed by atoms with Crippen LogP contribution >= 0.6 is 0 Å². The molecule has 0 aromatic heterocycles. The fourth-order valence-electron chi connectivity index (χ4n) is 3.85. The van der Waals surface area contributed by atoms with Gasteiger partial charge < -0.3 is 4.74 Å². The molecule has 2 heterocycles. The van der Waals surface area contributed by atoms with Gasteiger partial charge >= 0.3 is 5.97 Å². The van der Waals surface area contributed by atoms with Gasteiger partial charge in [0.1, 0.15) is 6.10 Å². The Morgan fingerprint density at radius 2 is 1.71 bits per heavy atom. The zero-order chi connectivity index (χ0) is 9.71. The summed E-state index contributed by atoms with van der Waals surface area (Å²) in [6.07, 6.45) is 6.39. The Bertz CT molecular complexity index is 247. The zero-order valence-corrected chi connectivity index (χ0v) is 8.74. The van der Waals surface area contributed by atoms with E-state index < -0.39 is 0 Å². The van der Waals surface area contributed by atoms with Crippen LogP contribution in [0.15, 0.2) is 0 Å². The third-order valence-electron chi connectivity index (χ3n) is 4.47. The number of ether oxygens (including phenoxy) is 1. The number of fused-ring (bicyclic) bond motifs is 2. The average Bonchev–Trinajstić information content (AvgIpc) is 2.15. The third kappa shape index (κ3) is 1.27. The first kappa shape index (κ1) is 8.75. The second-order valence-electron chi connectivity index (χ2n) is 5.51. The van der Waals surface area contributed by atoms with Crippen LogP contribution in [0, 0.1) is 23.7 Å². The van der Waals surface area contributed by atoms with Gasteiger partial charge in [-0.15, -0.1) is 0 Å². The Hall–Kier alpha value is -0.530. The number of esters is 1. The monoisotopic (exact) mass is 194 g/mol. The van der Waals surface area contributed by atoms with Crippen LogP contribution in [0.1, 0.15) is 39.0 Å².